The van der Waals surface area contributed by atoms with Crippen molar-refractivity contribution in [2.24, 2.45) is 5.73 Å². The first kappa shape index (κ1) is 11.2. The summed E-state index contributed by atoms with van der Waals surface area (Å²) < 4.78 is 0. The first-order chi connectivity index (χ1) is 7.00. The molecule has 1 aromatic heterocycles. The van der Waals surface area contributed by atoms with Crippen LogP contribution in [0.25, 0.3) is 0 Å². The van der Waals surface area contributed by atoms with Crippen molar-refractivity contribution in [3.8, 4) is 0 Å². The number of nitrogens with one attached hydrogen (secondary N) is 1. The minimum atomic E-state index is -0.647. The van der Waals surface area contributed by atoms with Crippen molar-refractivity contribution in [1.82, 2.24) is 4.98 Å². The molecule has 0 saturated carbocycles. The van der Waals surface area contributed by atoms with Gasteiger partial charge in [-0.2, -0.15) is 0 Å². The molecule has 0 aliphatic heterocycles. The maximum absolute atomic E-state index is 10.5. The summed E-state index contributed by atoms with van der Waals surface area (Å²) in [5.41, 5.74) is 4.61. The van der Waals surface area contributed by atoms with Crippen LogP contribution in [0.3, 0.4) is 0 Å². The van der Waals surface area contributed by atoms with Gasteiger partial charge in [-0.3, -0.25) is 14.9 Å². The van der Waals surface area contributed by atoms with Gasteiger partial charge in [0.15, 0.2) is 0 Å². The van der Waals surface area contributed by atoms with Gasteiger partial charge >= 0.3 is 5.69 Å². The molecule has 0 bridgehead atoms. The van der Waals surface area contributed by atoms with Crippen LogP contribution in [-0.2, 0) is 4.79 Å². The first-order valence-corrected chi connectivity index (χ1v) is 4.21. The number of rotatable bonds is 4. The Bertz CT molecular complexity index is 409. The van der Waals surface area contributed by atoms with Crippen LogP contribution in [0.4, 0.5) is 11.5 Å². The lowest BCUT2D eigenvalue weighted by molar-refractivity contribution is -0.384. The number of carbonyl (C=O) groups is 1. The van der Waals surface area contributed by atoms with Gasteiger partial charge in [-0.1, -0.05) is 11.6 Å². The fraction of sp³-hybridized carbons (Fsp3) is 0.143. The smallest absolute Gasteiger partial charge is 0.311 e. The van der Waals surface area contributed by atoms with Crippen LogP contribution in [0.2, 0.25) is 5.15 Å². The third kappa shape index (κ3) is 3.06. The number of nitrogens with zero attached hydrogens (tertiary/aromatic N) is 2. The molecule has 15 heavy (non-hydrogen) atoms. The summed E-state index contributed by atoms with van der Waals surface area (Å²) in [7, 11) is 0. The second kappa shape index (κ2) is 4.56. The van der Waals surface area contributed by atoms with Crippen molar-refractivity contribution in [2.75, 3.05) is 11.9 Å². The third-order valence-corrected chi connectivity index (χ3v) is 1.68. The summed E-state index contributed by atoms with van der Waals surface area (Å²) >= 11 is 5.55. The van der Waals surface area contributed by atoms with Crippen LogP contribution in [0.15, 0.2) is 12.1 Å². The lowest BCUT2D eigenvalue weighted by atomic mass is 10.4. The molecule has 0 radical (unpaired) electrons. The maximum atomic E-state index is 10.5. The van der Waals surface area contributed by atoms with E-state index in [0.29, 0.717) is 0 Å². The zero-order chi connectivity index (χ0) is 11.4. The molecule has 1 aromatic rings. The molecular formula is C7H7ClN4O3. The van der Waals surface area contributed by atoms with E-state index in [9.17, 15) is 14.9 Å². The Labute approximate surface area is 89.4 Å². The van der Waals surface area contributed by atoms with E-state index in [0.717, 1.165) is 0 Å². The van der Waals surface area contributed by atoms with E-state index in [4.69, 9.17) is 17.3 Å². The van der Waals surface area contributed by atoms with Gasteiger partial charge in [-0.15, -0.1) is 0 Å². The van der Waals surface area contributed by atoms with Crippen LogP contribution >= 0.6 is 11.6 Å². The van der Waals surface area contributed by atoms with Crippen molar-refractivity contribution in [2.45, 2.75) is 0 Å². The number of aromatic nitrogens is 1. The predicted octanol–water partition coefficient (Wildman–Crippen LogP) is 0.540. The van der Waals surface area contributed by atoms with E-state index in [2.05, 4.69) is 10.3 Å². The number of carbonyl (C=O) groups excluding carboxylic acids is 1. The highest BCUT2D eigenvalue weighted by Gasteiger charge is 2.15. The van der Waals surface area contributed by atoms with E-state index in [1.54, 1.807) is 0 Å². The largest absolute Gasteiger partial charge is 0.368 e. The van der Waals surface area contributed by atoms with E-state index in [1.165, 1.54) is 12.1 Å². The molecule has 0 spiro atoms. The Morgan fingerprint density at radius 1 is 1.67 bits per heavy atom. The average Bonchev–Trinajstić information content (AvgIpc) is 2.14. The predicted molar refractivity (Wildman–Crippen MR) is 53.6 cm³/mol. The Balaban J connectivity index is 2.96. The summed E-state index contributed by atoms with van der Waals surface area (Å²) in [6.07, 6.45) is 0. The van der Waals surface area contributed by atoms with Gasteiger partial charge in [-0.05, 0) is 6.07 Å². The quantitative estimate of drug-likeness (QED) is 0.445. The van der Waals surface area contributed by atoms with Crippen LogP contribution in [0.1, 0.15) is 0 Å². The lowest BCUT2D eigenvalue weighted by Gasteiger charge is -2.03. The van der Waals surface area contributed by atoms with Crippen molar-refractivity contribution in [3.63, 3.8) is 0 Å². The molecule has 0 unspecified atom stereocenters. The van der Waals surface area contributed by atoms with Crippen molar-refractivity contribution in [1.29, 1.82) is 0 Å². The van der Waals surface area contributed by atoms with Gasteiger partial charge in [0.1, 0.15) is 5.15 Å². The Morgan fingerprint density at radius 2 is 2.33 bits per heavy atom. The third-order valence-electron chi connectivity index (χ3n) is 1.47. The number of hydrogen-bond donors (Lipinski definition) is 2. The number of halogens is 1. The highest BCUT2D eigenvalue weighted by Crippen LogP contribution is 2.23. The average molecular weight is 231 g/mol. The minimum absolute atomic E-state index is 0.0775. The van der Waals surface area contributed by atoms with Crippen molar-refractivity contribution < 1.29 is 9.72 Å². The van der Waals surface area contributed by atoms with Crippen LogP contribution in [0.5, 0.6) is 0 Å². The SMILES string of the molecule is NC(=O)CNc1nc(Cl)ccc1[N+](=O)[O-]. The summed E-state index contributed by atoms with van der Waals surface area (Å²) in [6, 6.07) is 2.48. The van der Waals surface area contributed by atoms with E-state index in [-0.39, 0.29) is 23.2 Å². The van der Waals surface area contributed by atoms with Crippen LogP contribution in [-0.4, -0.2) is 22.4 Å². The number of nitro groups is 1. The topological polar surface area (TPSA) is 111 Å². The van der Waals surface area contributed by atoms with Gasteiger partial charge in [0.2, 0.25) is 11.7 Å². The number of pyridine rings is 1. The molecule has 0 aliphatic carbocycles. The van der Waals surface area contributed by atoms with Gasteiger partial charge in [0.05, 0.1) is 11.5 Å². The summed E-state index contributed by atoms with van der Waals surface area (Å²) in [5, 5.41) is 13.1. The summed E-state index contributed by atoms with van der Waals surface area (Å²) in [5.74, 6) is -0.725. The molecular weight excluding hydrogens is 224 g/mol. The highest BCUT2D eigenvalue weighted by atomic mass is 35.5. The second-order valence-corrected chi connectivity index (χ2v) is 2.97. The van der Waals surface area contributed by atoms with Gasteiger partial charge in [0.25, 0.3) is 0 Å². The van der Waals surface area contributed by atoms with E-state index in [1.807, 2.05) is 0 Å². The minimum Gasteiger partial charge on any atom is -0.368 e. The maximum Gasteiger partial charge on any atom is 0.311 e. The van der Waals surface area contributed by atoms with Gasteiger partial charge < -0.3 is 11.1 Å². The monoisotopic (exact) mass is 230 g/mol. The molecule has 3 N–H and O–H groups in total. The first-order valence-electron chi connectivity index (χ1n) is 3.84. The molecule has 0 atom stereocenters. The second-order valence-electron chi connectivity index (χ2n) is 2.58. The normalized spacial score (nSPS) is 9.67. The number of hydrogen-bond acceptors (Lipinski definition) is 5. The summed E-state index contributed by atoms with van der Waals surface area (Å²) in [6.45, 7) is -0.242. The van der Waals surface area contributed by atoms with Crippen LogP contribution in [0, 0.1) is 10.1 Å². The number of anilines is 1. The van der Waals surface area contributed by atoms with Gasteiger partial charge in [0, 0.05) is 6.07 Å². The molecule has 0 aliphatic rings. The number of primary amides is 1. The molecule has 1 heterocycles. The Hall–Kier alpha value is -1.89. The molecule has 1 rings (SSSR count). The summed E-state index contributed by atoms with van der Waals surface area (Å²) in [4.78, 5) is 24.1. The van der Waals surface area contributed by atoms with Crippen LogP contribution < -0.4 is 11.1 Å². The zero-order valence-corrected chi connectivity index (χ0v) is 8.19. The van der Waals surface area contributed by atoms with E-state index >= 15 is 0 Å². The fourth-order valence-corrected chi connectivity index (χ4v) is 1.02. The van der Waals surface area contributed by atoms with Crippen molar-refractivity contribution in [3.05, 3.63) is 27.4 Å². The number of nitrogens with two attached hydrogens (primary N) is 1. The fourth-order valence-electron chi connectivity index (χ4n) is 0.876. The number of amides is 1. The molecule has 0 fully saturated rings. The molecule has 0 saturated heterocycles. The Morgan fingerprint density at radius 3 is 2.87 bits per heavy atom. The van der Waals surface area contributed by atoms with E-state index < -0.39 is 10.8 Å². The molecule has 1 amide bonds. The van der Waals surface area contributed by atoms with Gasteiger partial charge in [-0.25, -0.2) is 4.98 Å². The lowest BCUT2D eigenvalue weighted by Crippen LogP contribution is -2.22. The molecule has 0 aromatic carbocycles. The highest BCUT2D eigenvalue weighted by molar-refractivity contribution is 6.29. The van der Waals surface area contributed by atoms with Crippen molar-refractivity contribution >= 4 is 29.0 Å². The molecule has 7 nitrogen and oxygen atoms in total. The Kier molecular flexibility index (Phi) is 3.40. The molecule has 80 valence electrons. The zero-order valence-electron chi connectivity index (χ0n) is 7.44. The standard InChI is InChI=1S/C7H7ClN4O3/c8-5-2-1-4(12(14)15)7(11-5)10-3-6(9)13/h1-2H,3H2,(H2,9,13)(H,10,11). The molecule has 8 heteroatoms.